The zero-order valence-corrected chi connectivity index (χ0v) is 14.0. The molecule has 0 saturated carbocycles. The molecule has 0 aliphatic heterocycles. The van der Waals surface area contributed by atoms with E-state index in [9.17, 15) is 18.0 Å². The van der Waals surface area contributed by atoms with E-state index in [-0.39, 0.29) is 18.6 Å². The predicted molar refractivity (Wildman–Crippen MR) is 91.6 cm³/mol. The number of aromatic nitrogens is 2. The third-order valence-electron chi connectivity index (χ3n) is 3.72. The van der Waals surface area contributed by atoms with Crippen LogP contribution in [0.1, 0.15) is 12.1 Å². The molecule has 140 valence electrons. The molecule has 0 unspecified atom stereocenters. The van der Waals surface area contributed by atoms with Crippen molar-refractivity contribution in [1.82, 2.24) is 9.78 Å². The van der Waals surface area contributed by atoms with Crippen LogP contribution in [-0.4, -0.2) is 27.2 Å². The molecule has 8 heteroatoms. The van der Waals surface area contributed by atoms with E-state index in [0.29, 0.717) is 22.6 Å². The van der Waals surface area contributed by atoms with Crippen molar-refractivity contribution in [3.63, 3.8) is 0 Å². The average Bonchev–Trinajstić information content (AvgIpc) is 3.04. The number of hydrogen-bond acceptors (Lipinski definition) is 3. The number of aliphatic carboxylic acids is 1. The van der Waals surface area contributed by atoms with Crippen molar-refractivity contribution < 1.29 is 27.8 Å². The maximum atomic E-state index is 12.5. The number of carboxylic acids is 1. The fraction of sp³-hybridized carbons (Fsp3) is 0.158. The Bertz CT molecular complexity index is 937. The molecule has 0 aliphatic carbocycles. The van der Waals surface area contributed by atoms with Gasteiger partial charge in [-0.2, -0.15) is 5.10 Å². The second kappa shape index (κ2) is 7.53. The normalized spacial score (nSPS) is 11.4. The second-order valence-corrected chi connectivity index (χ2v) is 5.74. The Labute approximate surface area is 152 Å². The number of para-hydroxylation sites is 1. The highest BCUT2D eigenvalue weighted by molar-refractivity contribution is 5.68. The van der Waals surface area contributed by atoms with E-state index >= 15 is 0 Å². The maximum Gasteiger partial charge on any atom is 0.573 e. The quantitative estimate of drug-likeness (QED) is 0.690. The summed E-state index contributed by atoms with van der Waals surface area (Å²) in [4.78, 5) is 10.8. The smallest absolute Gasteiger partial charge is 0.481 e. The van der Waals surface area contributed by atoms with Gasteiger partial charge in [-0.15, -0.1) is 13.2 Å². The number of aryl methyl sites for hydroxylation is 1. The van der Waals surface area contributed by atoms with Crippen molar-refractivity contribution in [3.8, 4) is 22.7 Å². The Hall–Kier alpha value is -3.29. The molecule has 0 bridgehead atoms. The molecular formula is C19H15F3N2O3. The van der Waals surface area contributed by atoms with Crippen LogP contribution in [-0.2, 0) is 11.2 Å². The number of alkyl halides is 3. The second-order valence-electron chi connectivity index (χ2n) is 5.74. The van der Waals surface area contributed by atoms with Crippen LogP contribution in [0.15, 0.2) is 60.7 Å². The highest BCUT2D eigenvalue weighted by Crippen LogP contribution is 2.30. The van der Waals surface area contributed by atoms with Gasteiger partial charge in [0.05, 0.1) is 23.5 Å². The van der Waals surface area contributed by atoms with Crippen LogP contribution in [0.25, 0.3) is 16.9 Å². The summed E-state index contributed by atoms with van der Waals surface area (Å²) in [6, 6.07) is 16.3. The first kappa shape index (κ1) is 18.5. The number of rotatable bonds is 6. The zero-order valence-electron chi connectivity index (χ0n) is 14.0. The summed E-state index contributed by atoms with van der Waals surface area (Å²) in [5, 5.41) is 13.3. The summed E-state index contributed by atoms with van der Waals surface area (Å²) in [5.74, 6) is -1.29. The third-order valence-corrected chi connectivity index (χ3v) is 3.72. The van der Waals surface area contributed by atoms with E-state index < -0.39 is 12.3 Å². The molecule has 1 heterocycles. The van der Waals surface area contributed by atoms with Crippen LogP contribution in [0.5, 0.6) is 5.75 Å². The van der Waals surface area contributed by atoms with Gasteiger partial charge in [0, 0.05) is 12.0 Å². The number of carboxylic acid groups (broad SMARTS) is 1. The van der Waals surface area contributed by atoms with E-state index in [1.54, 1.807) is 41.1 Å². The average molecular weight is 376 g/mol. The highest BCUT2D eigenvalue weighted by atomic mass is 19.4. The van der Waals surface area contributed by atoms with Crippen molar-refractivity contribution in [2.75, 3.05) is 0 Å². The van der Waals surface area contributed by atoms with Gasteiger partial charge in [-0.3, -0.25) is 4.79 Å². The molecule has 3 aromatic rings. The first-order valence-electron chi connectivity index (χ1n) is 8.04. The number of hydrogen-bond donors (Lipinski definition) is 1. The molecule has 0 spiro atoms. The fourth-order valence-corrected chi connectivity index (χ4v) is 2.61. The molecule has 0 radical (unpaired) electrons. The molecule has 3 rings (SSSR count). The summed E-state index contributed by atoms with van der Waals surface area (Å²) < 4.78 is 43.1. The van der Waals surface area contributed by atoms with Crippen LogP contribution in [0.3, 0.4) is 0 Å². The molecule has 0 atom stereocenters. The lowest BCUT2D eigenvalue weighted by Gasteiger charge is -2.11. The molecule has 0 amide bonds. The van der Waals surface area contributed by atoms with E-state index in [1.807, 2.05) is 6.07 Å². The Morgan fingerprint density at radius 2 is 1.81 bits per heavy atom. The number of benzene rings is 2. The van der Waals surface area contributed by atoms with Gasteiger partial charge in [0.1, 0.15) is 5.75 Å². The van der Waals surface area contributed by atoms with Crippen molar-refractivity contribution in [1.29, 1.82) is 0 Å². The maximum absolute atomic E-state index is 12.5. The molecular weight excluding hydrogens is 361 g/mol. The lowest BCUT2D eigenvalue weighted by Crippen LogP contribution is -2.17. The van der Waals surface area contributed by atoms with Gasteiger partial charge in [-0.1, -0.05) is 30.3 Å². The molecule has 0 saturated heterocycles. The number of nitrogens with zero attached hydrogens (tertiary/aromatic N) is 2. The van der Waals surface area contributed by atoms with E-state index in [2.05, 4.69) is 9.84 Å². The molecule has 0 aliphatic rings. The molecule has 1 N–H and O–H groups in total. The van der Waals surface area contributed by atoms with Gasteiger partial charge in [-0.25, -0.2) is 4.68 Å². The van der Waals surface area contributed by atoms with Gasteiger partial charge in [0.2, 0.25) is 0 Å². The van der Waals surface area contributed by atoms with E-state index in [4.69, 9.17) is 5.11 Å². The molecule has 0 fully saturated rings. The lowest BCUT2D eigenvalue weighted by atomic mass is 10.1. The van der Waals surface area contributed by atoms with Crippen LogP contribution in [0, 0.1) is 0 Å². The molecule has 5 nitrogen and oxygen atoms in total. The number of ether oxygens (including phenoxy) is 1. The summed E-state index contributed by atoms with van der Waals surface area (Å²) in [5.41, 5.74) is 2.23. The molecule has 1 aromatic heterocycles. The minimum atomic E-state index is -4.79. The van der Waals surface area contributed by atoms with Gasteiger partial charge >= 0.3 is 12.3 Å². The zero-order chi connectivity index (χ0) is 19.4. The van der Waals surface area contributed by atoms with Gasteiger partial charge < -0.3 is 9.84 Å². The van der Waals surface area contributed by atoms with E-state index in [1.165, 1.54) is 18.2 Å². The SMILES string of the molecule is O=C(O)CCc1cc(-c2cccc(OC(F)(F)F)c2)n(-c2ccccc2)n1. The predicted octanol–water partition coefficient (Wildman–Crippen LogP) is 4.46. The number of halogens is 3. The van der Waals surface area contributed by atoms with Gasteiger partial charge in [0.15, 0.2) is 0 Å². The van der Waals surface area contributed by atoms with Crippen LogP contribution < -0.4 is 4.74 Å². The van der Waals surface area contributed by atoms with Crippen LogP contribution in [0.4, 0.5) is 13.2 Å². The van der Waals surface area contributed by atoms with Crippen molar-refractivity contribution in [3.05, 3.63) is 66.4 Å². The van der Waals surface area contributed by atoms with Crippen molar-refractivity contribution in [2.24, 2.45) is 0 Å². The first-order chi connectivity index (χ1) is 12.8. The Morgan fingerprint density at radius 3 is 2.48 bits per heavy atom. The molecule has 27 heavy (non-hydrogen) atoms. The minimum Gasteiger partial charge on any atom is -0.481 e. The van der Waals surface area contributed by atoms with Crippen molar-refractivity contribution >= 4 is 5.97 Å². The Balaban J connectivity index is 2.03. The summed E-state index contributed by atoms with van der Waals surface area (Å²) in [6.45, 7) is 0. The summed E-state index contributed by atoms with van der Waals surface area (Å²) >= 11 is 0. The summed E-state index contributed by atoms with van der Waals surface area (Å²) in [7, 11) is 0. The molecule has 2 aromatic carbocycles. The summed E-state index contributed by atoms with van der Waals surface area (Å²) in [6.07, 6.45) is -4.67. The lowest BCUT2D eigenvalue weighted by molar-refractivity contribution is -0.274. The largest absolute Gasteiger partial charge is 0.573 e. The number of carbonyl (C=O) groups is 1. The third kappa shape index (κ3) is 4.87. The topological polar surface area (TPSA) is 64.3 Å². The fourth-order valence-electron chi connectivity index (χ4n) is 2.61. The minimum absolute atomic E-state index is 0.0948. The van der Waals surface area contributed by atoms with E-state index in [0.717, 1.165) is 0 Å². The van der Waals surface area contributed by atoms with Crippen LogP contribution in [0.2, 0.25) is 0 Å². The Kier molecular flexibility index (Phi) is 5.16. The van der Waals surface area contributed by atoms with Gasteiger partial charge in [0.25, 0.3) is 0 Å². The first-order valence-corrected chi connectivity index (χ1v) is 8.04. The highest BCUT2D eigenvalue weighted by Gasteiger charge is 2.31. The van der Waals surface area contributed by atoms with Crippen LogP contribution >= 0.6 is 0 Å². The van der Waals surface area contributed by atoms with Crippen molar-refractivity contribution in [2.45, 2.75) is 19.2 Å². The Morgan fingerprint density at radius 1 is 1.07 bits per heavy atom. The monoisotopic (exact) mass is 376 g/mol. The standard InChI is InChI=1S/C19H15F3N2O3/c20-19(21,22)27-16-8-4-5-13(11-16)17-12-14(9-10-18(25)26)23-24(17)15-6-2-1-3-7-15/h1-8,11-12H,9-10H2,(H,25,26). The van der Waals surface area contributed by atoms with Gasteiger partial charge in [-0.05, 0) is 30.3 Å².